The molecule has 0 spiro atoms. The molecule has 4 heteroatoms. The minimum atomic E-state index is -0.0273. The summed E-state index contributed by atoms with van der Waals surface area (Å²) in [6.07, 6.45) is 0.737. The molecule has 1 aliphatic heterocycles. The Morgan fingerprint density at radius 1 is 1.50 bits per heavy atom. The molecule has 2 rings (SSSR count). The molecular weight excluding hydrogens is 246 g/mol. The van der Waals surface area contributed by atoms with Gasteiger partial charge < -0.3 is 9.57 Å². The van der Waals surface area contributed by atoms with Crippen LogP contribution in [0.5, 0.6) is 5.75 Å². The quantitative estimate of drug-likeness (QED) is 0.814. The van der Waals surface area contributed by atoms with Crippen LogP contribution in [-0.4, -0.2) is 11.7 Å². The highest BCUT2D eigenvalue weighted by Gasteiger charge is 2.23. The van der Waals surface area contributed by atoms with Gasteiger partial charge in [0.25, 0.3) is 0 Å². The van der Waals surface area contributed by atoms with Gasteiger partial charge in [-0.05, 0) is 22.0 Å². The Morgan fingerprint density at radius 2 is 2.29 bits per heavy atom. The second kappa shape index (κ2) is 4.00. The lowest BCUT2D eigenvalue weighted by atomic mass is 10.1. The van der Waals surface area contributed by atoms with Crippen LogP contribution in [0, 0.1) is 0 Å². The van der Waals surface area contributed by atoms with Crippen molar-refractivity contribution in [2.24, 2.45) is 5.16 Å². The Hall–Kier alpha value is -1.03. The lowest BCUT2D eigenvalue weighted by molar-refractivity contribution is 0.0837. The first-order valence-electron chi connectivity index (χ1n) is 4.32. The van der Waals surface area contributed by atoms with Crippen LogP contribution in [0.25, 0.3) is 0 Å². The van der Waals surface area contributed by atoms with Crippen LogP contribution in [0.2, 0.25) is 0 Å². The molecular formula is C10H10BrNO2. The molecule has 74 valence electrons. The molecule has 14 heavy (non-hydrogen) atoms. The van der Waals surface area contributed by atoms with E-state index in [1.165, 1.54) is 0 Å². The van der Waals surface area contributed by atoms with Gasteiger partial charge in [-0.15, -0.1) is 0 Å². The number of benzene rings is 1. The maximum atomic E-state index is 5.25. The van der Waals surface area contributed by atoms with Gasteiger partial charge in [0.05, 0.1) is 7.11 Å². The molecule has 0 unspecified atom stereocenters. The number of oxime groups is 1. The van der Waals surface area contributed by atoms with Gasteiger partial charge in [0.2, 0.25) is 0 Å². The average Bonchev–Trinajstić information content (AvgIpc) is 2.65. The van der Waals surface area contributed by atoms with Crippen LogP contribution in [0.1, 0.15) is 18.1 Å². The molecule has 0 bridgehead atoms. The number of hydrogen-bond donors (Lipinski definition) is 0. The zero-order valence-electron chi connectivity index (χ0n) is 7.74. The summed E-state index contributed by atoms with van der Waals surface area (Å²) in [6, 6.07) is 7.82. The Labute approximate surface area is 90.8 Å². The van der Waals surface area contributed by atoms with E-state index >= 15 is 0 Å². The topological polar surface area (TPSA) is 30.8 Å². The van der Waals surface area contributed by atoms with Crippen LogP contribution >= 0.6 is 15.9 Å². The second-order valence-corrected chi connectivity index (χ2v) is 3.92. The summed E-state index contributed by atoms with van der Waals surface area (Å²) in [5.74, 6) is 0.843. The maximum Gasteiger partial charge on any atom is 0.162 e. The monoisotopic (exact) mass is 255 g/mol. The average molecular weight is 256 g/mol. The van der Waals surface area contributed by atoms with Gasteiger partial charge in [-0.3, -0.25) is 0 Å². The van der Waals surface area contributed by atoms with Crippen LogP contribution in [0.3, 0.4) is 0 Å². The number of halogens is 1. The highest BCUT2D eigenvalue weighted by atomic mass is 79.9. The first-order chi connectivity index (χ1) is 6.81. The van der Waals surface area contributed by atoms with E-state index < -0.39 is 0 Å². The summed E-state index contributed by atoms with van der Waals surface area (Å²) in [6.45, 7) is 0. The summed E-state index contributed by atoms with van der Waals surface area (Å²) in [5.41, 5.74) is 1.04. The van der Waals surface area contributed by atoms with Crippen molar-refractivity contribution in [1.29, 1.82) is 0 Å². The van der Waals surface area contributed by atoms with E-state index in [0.29, 0.717) is 0 Å². The summed E-state index contributed by atoms with van der Waals surface area (Å²) in [5, 5.41) is 3.85. The van der Waals surface area contributed by atoms with Crippen molar-refractivity contribution < 1.29 is 9.57 Å². The van der Waals surface area contributed by atoms with Gasteiger partial charge in [-0.25, -0.2) is 0 Å². The second-order valence-electron chi connectivity index (χ2n) is 3.01. The number of ether oxygens (including phenoxy) is 1. The van der Waals surface area contributed by atoms with Crippen molar-refractivity contribution in [3.8, 4) is 5.75 Å². The van der Waals surface area contributed by atoms with Gasteiger partial charge in [0, 0.05) is 12.0 Å². The minimum absolute atomic E-state index is 0.0273. The number of para-hydroxylation sites is 1. The molecule has 0 fully saturated rings. The lowest BCUT2D eigenvalue weighted by Gasteiger charge is -2.12. The van der Waals surface area contributed by atoms with Gasteiger partial charge >= 0.3 is 0 Å². The first kappa shape index (κ1) is 9.52. The van der Waals surface area contributed by atoms with Crippen molar-refractivity contribution >= 4 is 20.6 Å². The lowest BCUT2D eigenvalue weighted by Crippen LogP contribution is -1.99. The molecule has 0 radical (unpaired) electrons. The molecule has 0 N–H and O–H groups in total. The van der Waals surface area contributed by atoms with Crippen molar-refractivity contribution in [2.75, 3.05) is 7.11 Å². The van der Waals surface area contributed by atoms with E-state index in [1.54, 1.807) is 7.11 Å². The van der Waals surface area contributed by atoms with Crippen LogP contribution in [0.15, 0.2) is 29.4 Å². The van der Waals surface area contributed by atoms with Crippen molar-refractivity contribution in [1.82, 2.24) is 0 Å². The zero-order chi connectivity index (χ0) is 9.97. The van der Waals surface area contributed by atoms with Crippen molar-refractivity contribution in [2.45, 2.75) is 12.5 Å². The Kier molecular flexibility index (Phi) is 2.72. The van der Waals surface area contributed by atoms with E-state index in [0.717, 1.165) is 22.4 Å². The maximum absolute atomic E-state index is 5.25. The third kappa shape index (κ3) is 1.75. The smallest absolute Gasteiger partial charge is 0.162 e. The van der Waals surface area contributed by atoms with Crippen molar-refractivity contribution in [3.05, 3.63) is 29.8 Å². The molecule has 0 saturated heterocycles. The van der Waals surface area contributed by atoms with Crippen LogP contribution in [-0.2, 0) is 4.84 Å². The number of nitrogens with zero attached hydrogens (tertiary/aromatic N) is 1. The molecule has 1 aliphatic rings. The summed E-state index contributed by atoms with van der Waals surface area (Å²) < 4.78 is 6.09. The third-order valence-corrected chi connectivity index (χ3v) is 2.59. The largest absolute Gasteiger partial charge is 0.496 e. The van der Waals surface area contributed by atoms with Crippen LogP contribution in [0.4, 0.5) is 0 Å². The minimum Gasteiger partial charge on any atom is -0.496 e. The molecule has 1 heterocycles. The Morgan fingerprint density at radius 3 is 2.93 bits per heavy atom. The molecule has 0 aliphatic carbocycles. The predicted octanol–water partition coefficient (Wildman–Crippen LogP) is 2.87. The summed E-state index contributed by atoms with van der Waals surface area (Å²) in [7, 11) is 1.66. The molecule has 3 nitrogen and oxygen atoms in total. The SMILES string of the molecule is COc1ccccc1[C@H]1CC(Br)=NO1. The number of hydrogen-bond acceptors (Lipinski definition) is 3. The molecule has 0 amide bonds. The fraction of sp³-hybridized carbons (Fsp3) is 0.300. The van der Waals surface area contributed by atoms with E-state index in [2.05, 4.69) is 21.1 Å². The molecule has 0 aromatic heterocycles. The number of methoxy groups -OCH3 is 1. The summed E-state index contributed by atoms with van der Waals surface area (Å²) in [4.78, 5) is 5.25. The normalized spacial score (nSPS) is 20.1. The van der Waals surface area contributed by atoms with Crippen LogP contribution < -0.4 is 4.74 Å². The Bertz CT molecular complexity index is 365. The fourth-order valence-corrected chi connectivity index (χ4v) is 1.83. The molecule has 1 aromatic rings. The highest BCUT2D eigenvalue weighted by molar-refractivity contribution is 9.18. The molecule has 0 saturated carbocycles. The predicted molar refractivity (Wildman–Crippen MR) is 57.8 cm³/mol. The molecule has 1 aromatic carbocycles. The van der Waals surface area contributed by atoms with Gasteiger partial charge in [0.15, 0.2) is 6.10 Å². The van der Waals surface area contributed by atoms with E-state index in [4.69, 9.17) is 9.57 Å². The van der Waals surface area contributed by atoms with Crippen molar-refractivity contribution in [3.63, 3.8) is 0 Å². The first-order valence-corrected chi connectivity index (χ1v) is 5.11. The third-order valence-electron chi connectivity index (χ3n) is 2.12. The highest BCUT2D eigenvalue weighted by Crippen LogP contribution is 2.34. The van der Waals surface area contributed by atoms with E-state index in [-0.39, 0.29) is 6.10 Å². The van der Waals surface area contributed by atoms with Gasteiger partial charge in [-0.2, -0.15) is 0 Å². The van der Waals surface area contributed by atoms with E-state index in [9.17, 15) is 0 Å². The number of rotatable bonds is 2. The van der Waals surface area contributed by atoms with Gasteiger partial charge in [0.1, 0.15) is 10.4 Å². The van der Waals surface area contributed by atoms with E-state index in [1.807, 2.05) is 24.3 Å². The Balaban J connectivity index is 2.24. The standard InChI is InChI=1S/C10H10BrNO2/c1-13-8-5-3-2-4-7(8)9-6-10(11)12-14-9/h2-5,9H,6H2,1H3/t9-/m1/s1. The van der Waals surface area contributed by atoms with Gasteiger partial charge in [-0.1, -0.05) is 23.4 Å². The molecule has 1 atom stereocenters. The summed E-state index contributed by atoms with van der Waals surface area (Å²) >= 11 is 3.31. The zero-order valence-corrected chi connectivity index (χ0v) is 9.32. The fourth-order valence-electron chi connectivity index (χ4n) is 1.45.